The van der Waals surface area contributed by atoms with E-state index in [2.05, 4.69) is 15.1 Å². The number of carbonyl (C=O) groups excluding carboxylic acids is 1. The van der Waals surface area contributed by atoms with Crippen LogP contribution in [0.4, 0.5) is 0 Å². The van der Waals surface area contributed by atoms with E-state index < -0.39 is 10.2 Å². The van der Waals surface area contributed by atoms with E-state index in [-0.39, 0.29) is 12.3 Å². The Kier molecular flexibility index (Phi) is 5.94. The molecule has 154 valence electrons. The first kappa shape index (κ1) is 21.0. The summed E-state index contributed by atoms with van der Waals surface area (Å²) in [4.78, 5) is 23.4. The lowest BCUT2D eigenvalue weighted by Crippen LogP contribution is -2.53. The Hall–Kier alpha value is -1.76. The molecular weight excluding hydrogens is 402 g/mol. The van der Waals surface area contributed by atoms with Crippen LogP contribution in [0.25, 0.3) is 5.78 Å². The van der Waals surface area contributed by atoms with Crippen molar-refractivity contribution < 1.29 is 13.2 Å². The van der Waals surface area contributed by atoms with Gasteiger partial charge in [-0.25, -0.2) is 9.50 Å². The van der Waals surface area contributed by atoms with Crippen LogP contribution in [0.15, 0.2) is 5.16 Å². The minimum Gasteiger partial charge on any atom is -0.340 e. The van der Waals surface area contributed by atoms with Gasteiger partial charge in [-0.15, -0.1) is 5.10 Å². The van der Waals surface area contributed by atoms with Gasteiger partial charge in [-0.3, -0.25) is 4.79 Å². The zero-order chi connectivity index (χ0) is 20.6. The monoisotopic (exact) mass is 427 g/mol. The van der Waals surface area contributed by atoms with Crippen molar-refractivity contribution in [1.82, 2.24) is 33.1 Å². The van der Waals surface area contributed by atoms with E-state index in [0.717, 1.165) is 17.0 Å². The molecule has 1 amide bonds. The van der Waals surface area contributed by atoms with E-state index in [1.165, 1.54) is 34.5 Å². The van der Waals surface area contributed by atoms with E-state index >= 15 is 0 Å². The van der Waals surface area contributed by atoms with Crippen molar-refractivity contribution in [2.45, 2.75) is 25.4 Å². The Balaban J connectivity index is 1.74. The number of amides is 1. The molecule has 2 aromatic heterocycles. The van der Waals surface area contributed by atoms with Crippen LogP contribution in [0.2, 0.25) is 0 Å². The summed E-state index contributed by atoms with van der Waals surface area (Å²) in [5.74, 6) is 0.484. The largest absolute Gasteiger partial charge is 0.340 e. The van der Waals surface area contributed by atoms with Gasteiger partial charge < -0.3 is 4.90 Å². The SMILES string of the molecule is CSc1nc2nc(C)c(CC(=O)N3CCN(S(=O)(=O)N(C)C)CC3)c(C)n2n1. The Labute approximate surface area is 169 Å². The number of nitrogens with zero attached hydrogens (tertiary/aromatic N) is 7. The van der Waals surface area contributed by atoms with Gasteiger partial charge in [0.15, 0.2) is 0 Å². The summed E-state index contributed by atoms with van der Waals surface area (Å²) in [5, 5.41) is 5.04. The molecule has 1 saturated heterocycles. The highest BCUT2D eigenvalue weighted by Crippen LogP contribution is 2.18. The Bertz CT molecular complexity index is 995. The lowest BCUT2D eigenvalue weighted by Gasteiger charge is -2.35. The number of piperazine rings is 1. The first-order valence-corrected chi connectivity index (χ1v) is 11.5. The average molecular weight is 428 g/mol. The molecule has 12 heteroatoms. The van der Waals surface area contributed by atoms with Crippen LogP contribution in [-0.2, 0) is 21.4 Å². The first-order valence-electron chi connectivity index (χ1n) is 8.87. The summed E-state index contributed by atoms with van der Waals surface area (Å²) < 4.78 is 28.7. The molecule has 0 N–H and O–H groups in total. The molecule has 28 heavy (non-hydrogen) atoms. The highest BCUT2D eigenvalue weighted by Gasteiger charge is 2.30. The van der Waals surface area contributed by atoms with Gasteiger partial charge in [0.2, 0.25) is 11.1 Å². The van der Waals surface area contributed by atoms with Crippen LogP contribution < -0.4 is 0 Å². The van der Waals surface area contributed by atoms with Crippen molar-refractivity contribution in [2.24, 2.45) is 0 Å². The van der Waals surface area contributed by atoms with Crippen LogP contribution >= 0.6 is 11.8 Å². The molecule has 0 spiro atoms. The fourth-order valence-corrected chi connectivity index (χ4v) is 4.62. The van der Waals surface area contributed by atoms with Crippen LogP contribution in [0.1, 0.15) is 17.0 Å². The molecule has 0 aliphatic carbocycles. The maximum absolute atomic E-state index is 12.8. The number of aromatic nitrogens is 4. The van der Waals surface area contributed by atoms with Crippen molar-refractivity contribution in [1.29, 1.82) is 0 Å². The fraction of sp³-hybridized carbons (Fsp3) is 0.625. The Morgan fingerprint density at radius 3 is 2.36 bits per heavy atom. The summed E-state index contributed by atoms with van der Waals surface area (Å²) in [6.45, 7) is 5.11. The van der Waals surface area contributed by atoms with Gasteiger partial charge in [0, 0.05) is 57.2 Å². The molecule has 1 aliphatic heterocycles. The number of hydrogen-bond donors (Lipinski definition) is 0. The summed E-state index contributed by atoms with van der Waals surface area (Å²) in [7, 11) is -0.432. The molecule has 1 fully saturated rings. The fourth-order valence-electron chi connectivity index (χ4n) is 3.19. The molecular formula is C16H25N7O3S2. The predicted octanol–water partition coefficient (Wildman–Crippen LogP) is -0.0439. The van der Waals surface area contributed by atoms with Gasteiger partial charge in [-0.1, -0.05) is 11.8 Å². The molecule has 0 unspecified atom stereocenters. The predicted molar refractivity (Wildman–Crippen MR) is 107 cm³/mol. The van der Waals surface area contributed by atoms with Gasteiger partial charge in [-0.05, 0) is 20.1 Å². The van der Waals surface area contributed by atoms with Gasteiger partial charge in [0.25, 0.3) is 16.0 Å². The Morgan fingerprint density at radius 1 is 1.14 bits per heavy atom. The van der Waals surface area contributed by atoms with E-state index in [4.69, 9.17) is 0 Å². The summed E-state index contributed by atoms with van der Waals surface area (Å²) >= 11 is 1.44. The zero-order valence-corrected chi connectivity index (χ0v) is 18.3. The smallest absolute Gasteiger partial charge is 0.281 e. The number of aryl methyl sites for hydroxylation is 2. The number of thioether (sulfide) groups is 1. The minimum absolute atomic E-state index is 0.0422. The molecule has 1 aliphatic rings. The van der Waals surface area contributed by atoms with Crippen LogP contribution in [0, 0.1) is 13.8 Å². The van der Waals surface area contributed by atoms with Gasteiger partial charge in [-0.2, -0.15) is 22.0 Å². The second-order valence-electron chi connectivity index (χ2n) is 6.82. The molecule has 0 atom stereocenters. The zero-order valence-electron chi connectivity index (χ0n) is 16.7. The van der Waals surface area contributed by atoms with Crippen LogP contribution in [-0.4, -0.2) is 93.9 Å². The quantitative estimate of drug-likeness (QED) is 0.617. The highest BCUT2D eigenvalue weighted by atomic mass is 32.2. The van der Waals surface area contributed by atoms with Gasteiger partial charge in [0.05, 0.1) is 6.42 Å². The summed E-state index contributed by atoms with van der Waals surface area (Å²) in [6, 6.07) is 0. The topological polar surface area (TPSA) is 104 Å². The van der Waals surface area contributed by atoms with E-state index in [0.29, 0.717) is 37.1 Å². The molecule has 0 saturated carbocycles. The Morgan fingerprint density at radius 2 is 1.79 bits per heavy atom. The lowest BCUT2D eigenvalue weighted by atomic mass is 10.1. The van der Waals surface area contributed by atoms with E-state index in [1.807, 2.05) is 20.1 Å². The van der Waals surface area contributed by atoms with Gasteiger partial charge in [0.1, 0.15) is 0 Å². The highest BCUT2D eigenvalue weighted by molar-refractivity contribution is 7.98. The normalized spacial score (nSPS) is 16.3. The number of rotatable bonds is 5. The molecule has 3 rings (SSSR count). The number of fused-ring (bicyclic) bond motifs is 1. The minimum atomic E-state index is -3.45. The van der Waals surface area contributed by atoms with Crippen LogP contribution in [0.5, 0.6) is 0 Å². The maximum atomic E-state index is 12.8. The second kappa shape index (κ2) is 7.93. The van der Waals surface area contributed by atoms with Gasteiger partial charge >= 0.3 is 0 Å². The molecule has 0 bridgehead atoms. The van der Waals surface area contributed by atoms with E-state index in [9.17, 15) is 13.2 Å². The molecule has 0 radical (unpaired) electrons. The van der Waals surface area contributed by atoms with Crippen molar-refractivity contribution in [3.8, 4) is 0 Å². The van der Waals surface area contributed by atoms with Crippen LogP contribution in [0.3, 0.4) is 0 Å². The van der Waals surface area contributed by atoms with Crippen molar-refractivity contribution in [3.63, 3.8) is 0 Å². The third-order valence-corrected chi connectivity index (χ3v) is 7.40. The molecule has 10 nitrogen and oxygen atoms in total. The molecule has 2 aromatic rings. The van der Waals surface area contributed by atoms with Crippen molar-refractivity contribution in [2.75, 3.05) is 46.5 Å². The van der Waals surface area contributed by atoms with Crippen molar-refractivity contribution in [3.05, 3.63) is 17.0 Å². The molecule has 0 aromatic carbocycles. The summed E-state index contributed by atoms with van der Waals surface area (Å²) in [5.41, 5.74) is 2.43. The first-order chi connectivity index (χ1) is 13.1. The average Bonchev–Trinajstić information content (AvgIpc) is 3.08. The third-order valence-electron chi connectivity index (χ3n) is 4.92. The standard InChI is InChI=1S/C16H25N7O3S2/c1-11-13(12(2)23-15(17-11)18-16(19-23)27-5)10-14(24)21-6-8-22(9-7-21)28(25,26)20(3)4/h6-10H2,1-5H3. The summed E-state index contributed by atoms with van der Waals surface area (Å²) in [6.07, 6.45) is 2.10. The number of hydrogen-bond acceptors (Lipinski definition) is 7. The van der Waals surface area contributed by atoms with E-state index in [1.54, 1.807) is 9.42 Å². The number of carbonyl (C=O) groups is 1. The second-order valence-corrected chi connectivity index (χ2v) is 9.73. The maximum Gasteiger partial charge on any atom is 0.281 e. The lowest BCUT2D eigenvalue weighted by molar-refractivity contribution is -0.131. The van der Waals surface area contributed by atoms with Crippen molar-refractivity contribution >= 4 is 33.7 Å². The molecule has 3 heterocycles. The third kappa shape index (κ3) is 3.86.